The van der Waals surface area contributed by atoms with E-state index in [9.17, 15) is 18.0 Å². The Labute approximate surface area is 189 Å². The van der Waals surface area contributed by atoms with Crippen molar-refractivity contribution >= 4 is 33.0 Å². The molecule has 0 unspecified atom stereocenters. The van der Waals surface area contributed by atoms with E-state index in [4.69, 9.17) is 9.84 Å². The summed E-state index contributed by atoms with van der Waals surface area (Å²) >= 11 is 1.44. The molecular formula is C25H25F3O3S. The molecular weight excluding hydrogens is 437 g/mol. The van der Waals surface area contributed by atoms with E-state index >= 15 is 0 Å². The molecule has 7 heteroatoms. The quantitative estimate of drug-likeness (QED) is 0.397. The van der Waals surface area contributed by atoms with Crippen molar-refractivity contribution in [3.8, 4) is 16.9 Å². The van der Waals surface area contributed by atoms with E-state index in [-0.39, 0.29) is 5.75 Å². The van der Waals surface area contributed by atoms with Gasteiger partial charge in [0, 0.05) is 32.2 Å². The molecule has 0 aliphatic rings. The maximum Gasteiger partial charge on any atom is 0.422 e. The first kappa shape index (κ1) is 23.9. The second-order valence-electron chi connectivity index (χ2n) is 8.84. The second kappa shape index (κ2) is 8.62. The topological polar surface area (TPSA) is 46.5 Å². The fourth-order valence-electron chi connectivity index (χ4n) is 3.59. The lowest BCUT2D eigenvalue weighted by molar-refractivity contribution is -0.153. The molecule has 0 saturated carbocycles. The number of fused-ring (bicyclic) bond motifs is 1. The van der Waals surface area contributed by atoms with Crippen LogP contribution in [0.4, 0.5) is 13.2 Å². The number of carboxylic acid groups (broad SMARTS) is 1. The van der Waals surface area contributed by atoms with E-state index in [2.05, 4.69) is 0 Å². The Kier molecular flexibility index (Phi) is 6.43. The number of allylic oxidation sites excluding steroid dienone is 1. The molecule has 3 nitrogen and oxygen atoms in total. The van der Waals surface area contributed by atoms with Crippen LogP contribution in [0.25, 0.3) is 26.8 Å². The number of halogens is 3. The number of thiophene rings is 1. The minimum atomic E-state index is -4.46. The molecule has 3 rings (SSSR count). The molecule has 0 bridgehead atoms. The molecule has 1 heterocycles. The van der Waals surface area contributed by atoms with Crippen molar-refractivity contribution in [1.29, 1.82) is 0 Å². The number of aryl methyl sites for hydroxylation is 1. The van der Waals surface area contributed by atoms with Gasteiger partial charge in [-0.05, 0) is 54.2 Å². The summed E-state index contributed by atoms with van der Waals surface area (Å²) in [5.74, 6) is -0.810. The number of aliphatic carboxylic acids is 1. The molecule has 0 aliphatic heterocycles. The number of ether oxygens (including phenoxy) is 1. The third kappa shape index (κ3) is 5.33. The van der Waals surface area contributed by atoms with Crippen LogP contribution in [-0.2, 0) is 10.2 Å². The summed E-state index contributed by atoms with van der Waals surface area (Å²) in [6.45, 7) is 8.07. The summed E-state index contributed by atoms with van der Waals surface area (Å²) in [5, 5.41) is 9.91. The van der Waals surface area contributed by atoms with Crippen LogP contribution in [0, 0.1) is 6.92 Å². The van der Waals surface area contributed by atoms with Gasteiger partial charge in [-0.1, -0.05) is 39.0 Å². The Morgan fingerprint density at radius 2 is 1.81 bits per heavy atom. The highest BCUT2D eigenvalue weighted by molar-refractivity contribution is 7.20. The predicted octanol–water partition coefficient (Wildman–Crippen LogP) is 7.60. The van der Waals surface area contributed by atoms with Gasteiger partial charge in [0.2, 0.25) is 0 Å². The standard InChI is InChI=1S/C25H25F3O3S/c1-14-9-18(23(31-13-25(26,27)28)19(10-14)24(3,4)5)16-7-6-8-20-17(16)12-21(32-20)15(2)11-22(29)30/h6-12H,13H2,1-5H3,(H,29,30). The van der Waals surface area contributed by atoms with Gasteiger partial charge in [0.25, 0.3) is 0 Å². The summed E-state index contributed by atoms with van der Waals surface area (Å²) < 4.78 is 45.5. The van der Waals surface area contributed by atoms with Crippen molar-refractivity contribution in [3.05, 3.63) is 58.5 Å². The Bertz CT molecular complexity index is 1200. The van der Waals surface area contributed by atoms with E-state index in [1.165, 1.54) is 11.3 Å². The number of benzene rings is 2. The second-order valence-corrected chi connectivity index (χ2v) is 9.92. The SMILES string of the molecule is CC(=CC(=O)O)c1cc2c(-c3cc(C)cc(C(C)(C)C)c3OCC(F)(F)F)cccc2s1. The molecule has 1 N–H and O–H groups in total. The summed E-state index contributed by atoms with van der Waals surface area (Å²) in [4.78, 5) is 11.9. The van der Waals surface area contributed by atoms with Crippen LogP contribution in [0.1, 0.15) is 43.7 Å². The molecule has 0 spiro atoms. The van der Waals surface area contributed by atoms with Crippen molar-refractivity contribution in [3.63, 3.8) is 0 Å². The van der Waals surface area contributed by atoms with Crippen molar-refractivity contribution < 1.29 is 27.8 Å². The maximum absolute atomic E-state index is 13.1. The van der Waals surface area contributed by atoms with Crippen LogP contribution in [-0.4, -0.2) is 23.9 Å². The average Bonchev–Trinajstić information content (AvgIpc) is 3.09. The largest absolute Gasteiger partial charge is 0.483 e. The minimum Gasteiger partial charge on any atom is -0.483 e. The molecule has 0 amide bonds. The highest BCUT2D eigenvalue weighted by Gasteiger charge is 2.31. The maximum atomic E-state index is 13.1. The normalized spacial score (nSPS) is 12.9. The Balaban J connectivity index is 2.27. The third-order valence-corrected chi connectivity index (χ3v) is 6.24. The summed E-state index contributed by atoms with van der Waals surface area (Å²) in [5.41, 5.74) is 3.13. The lowest BCUT2D eigenvalue weighted by Gasteiger charge is -2.26. The number of hydrogen-bond acceptors (Lipinski definition) is 3. The smallest absolute Gasteiger partial charge is 0.422 e. The van der Waals surface area contributed by atoms with Crippen LogP contribution in [0.3, 0.4) is 0 Å². The number of carbonyl (C=O) groups is 1. The van der Waals surface area contributed by atoms with E-state index in [0.29, 0.717) is 16.7 Å². The van der Waals surface area contributed by atoms with Crippen LogP contribution in [0.2, 0.25) is 0 Å². The lowest BCUT2D eigenvalue weighted by atomic mass is 9.83. The van der Waals surface area contributed by atoms with Crippen molar-refractivity contribution in [2.75, 3.05) is 6.61 Å². The van der Waals surface area contributed by atoms with Crippen LogP contribution < -0.4 is 4.74 Å². The van der Waals surface area contributed by atoms with Gasteiger partial charge in [0.15, 0.2) is 6.61 Å². The Morgan fingerprint density at radius 3 is 2.41 bits per heavy atom. The third-order valence-electron chi connectivity index (χ3n) is 5.00. The van der Waals surface area contributed by atoms with Gasteiger partial charge in [0.1, 0.15) is 5.75 Å². The highest BCUT2D eigenvalue weighted by Crippen LogP contribution is 2.44. The van der Waals surface area contributed by atoms with Crippen LogP contribution in [0.5, 0.6) is 5.75 Å². The van der Waals surface area contributed by atoms with Gasteiger partial charge in [-0.25, -0.2) is 4.79 Å². The van der Waals surface area contributed by atoms with E-state index in [1.54, 1.807) is 6.92 Å². The fourth-order valence-corrected chi connectivity index (χ4v) is 4.65. The van der Waals surface area contributed by atoms with Gasteiger partial charge >= 0.3 is 12.1 Å². The summed E-state index contributed by atoms with van der Waals surface area (Å²) in [6.07, 6.45) is -3.32. The van der Waals surface area contributed by atoms with Gasteiger partial charge < -0.3 is 9.84 Å². The first-order valence-electron chi connectivity index (χ1n) is 10.1. The van der Waals surface area contributed by atoms with Gasteiger partial charge in [-0.3, -0.25) is 0 Å². The molecule has 1 aromatic heterocycles. The molecule has 3 aromatic rings. The first-order valence-corrected chi connectivity index (χ1v) is 10.9. The van der Waals surface area contributed by atoms with Crippen LogP contribution >= 0.6 is 11.3 Å². The summed E-state index contributed by atoms with van der Waals surface area (Å²) in [6, 6.07) is 11.2. The molecule has 0 fully saturated rings. The zero-order chi connectivity index (χ0) is 23.8. The number of hydrogen-bond donors (Lipinski definition) is 1. The van der Waals surface area contributed by atoms with Crippen molar-refractivity contribution in [2.45, 2.75) is 46.2 Å². The lowest BCUT2D eigenvalue weighted by Crippen LogP contribution is -2.22. The highest BCUT2D eigenvalue weighted by atomic mass is 32.1. The molecule has 32 heavy (non-hydrogen) atoms. The van der Waals surface area contributed by atoms with E-state index in [0.717, 1.165) is 32.2 Å². The molecule has 0 atom stereocenters. The molecule has 0 radical (unpaired) electrons. The van der Waals surface area contributed by atoms with Gasteiger partial charge in [0.05, 0.1) is 0 Å². The molecule has 0 aliphatic carbocycles. The van der Waals surface area contributed by atoms with Crippen molar-refractivity contribution in [2.24, 2.45) is 0 Å². The monoisotopic (exact) mass is 462 g/mol. The molecule has 0 saturated heterocycles. The molecule has 170 valence electrons. The Hall–Kier alpha value is -2.80. The zero-order valence-electron chi connectivity index (χ0n) is 18.6. The van der Waals surface area contributed by atoms with Crippen LogP contribution in [0.15, 0.2) is 42.5 Å². The average molecular weight is 463 g/mol. The van der Waals surface area contributed by atoms with Gasteiger partial charge in [-0.2, -0.15) is 13.2 Å². The number of rotatable bonds is 5. The minimum absolute atomic E-state index is 0.221. The Morgan fingerprint density at radius 1 is 1.12 bits per heavy atom. The molecule has 2 aromatic carbocycles. The predicted molar refractivity (Wildman–Crippen MR) is 124 cm³/mol. The zero-order valence-corrected chi connectivity index (χ0v) is 19.4. The first-order chi connectivity index (χ1) is 14.8. The van der Waals surface area contributed by atoms with E-state index < -0.39 is 24.2 Å². The number of alkyl halides is 3. The number of carboxylic acids is 1. The van der Waals surface area contributed by atoms with Gasteiger partial charge in [-0.15, -0.1) is 11.3 Å². The van der Waals surface area contributed by atoms with E-state index in [1.807, 2.05) is 64.1 Å². The van der Waals surface area contributed by atoms with Crippen molar-refractivity contribution in [1.82, 2.24) is 0 Å². The summed E-state index contributed by atoms with van der Waals surface area (Å²) in [7, 11) is 0. The fraction of sp³-hybridized carbons (Fsp3) is 0.320.